The van der Waals surface area contributed by atoms with E-state index < -0.39 is 23.4 Å². The molecule has 2 bridgehead atoms. The molecule has 0 aliphatic heterocycles. The molecule has 3 aliphatic carbocycles. The van der Waals surface area contributed by atoms with Gasteiger partial charge in [0.15, 0.2) is 0 Å². The van der Waals surface area contributed by atoms with Crippen molar-refractivity contribution in [3.05, 3.63) is 89.5 Å². The lowest BCUT2D eigenvalue weighted by atomic mass is 9.60. The summed E-state index contributed by atoms with van der Waals surface area (Å²) in [6.07, 6.45) is 23.8. The number of allylic oxidation sites excluding steroid dienone is 4. The van der Waals surface area contributed by atoms with Crippen LogP contribution in [0.4, 0.5) is 0 Å². The number of phenolic OH excluding ortho intramolecular Hbond substituents is 1. The number of unbranched alkanes of at least 4 members (excludes halogenated alkanes) is 3. The van der Waals surface area contributed by atoms with Gasteiger partial charge in [-0.05, 0) is 117 Å². The summed E-state index contributed by atoms with van der Waals surface area (Å²) in [6, 6.07) is 16.4. The maximum Gasteiger partial charge on any atom is 0.307 e. The molecule has 1 fully saturated rings. The topological polar surface area (TPSA) is 77.8 Å². The number of carbonyl (C=O) groups is 1. The lowest BCUT2D eigenvalue weighted by Gasteiger charge is -2.44. The molecule has 1 spiro atoms. The minimum absolute atomic E-state index is 0.292. The van der Waals surface area contributed by atoms with E-state index >= 15 is 0 Å². The van der Waals surface area contributed by atoms with Crippen LogP contribution < -0.4 is 0 Å². The highest BCUT2D eigenvalue weighted by Crippen LogP contribution is 2.48. The number of hydrogen-bond acceptors (Lipinski definition) is 3. The maximum absolute atomic E-state index is 12.7. The Morgan fingerprint density at radius 1 is 0.905 bits per heavy atom. The monoisotopic (exact) mass is 570 g/mol. The number of fused-ring (bicyclic) bond motifs is 3. The number of aliphatic carboxylic acids is 1. The first kappa shape index (κ1) is 30.6. The number of carboxylic acid groups (broad SMARTS) is 1. The summed E-state index contributed by atoms with van der Waals surface area (Å²) in [5.41, 5.74) is 2.99. The Hall–Kier alpha value is -2.85. The van der Waals surface area contributed by atoms with Crippen LogP contribution in [-0.2, 0) is 16.6 Å². The van der Waals surface area contributed by atoms with E-state index in [9.17, 15) is 20.1 Å². The number of aliphatic hydroxyl groups excluding tert-OH is 1. The van der Waals surface area contributed by atoms with Crippen LogP contribution in [0, 0.1) is 17.8 Å². The Balaban J connectivity index is 1.40. The predicted molar refractivity (Wildman–Crippen MR) is 170 cm³/mol. The van der Waals surface area contributed by atoms with Crippen molar-refractivity contribution in [3.63, 3.8) is 0 Å². The van der Waals surface area contributed by atoms with E-state index in [2.05, 4.69) is 60.7 Å². The van der Waals surface area contributed by atoms with Crippen molar-refractivity contribution in [1.82, 2.24) is 0 Å². The molecular formula is C38H50O4. The molecule has 2 aromatic carbocycles. The van der Waals surface area contributed by atoms with Crippen molar-refractivity contribution in [3.8, 4) is 5.75 Å². The predicted octanol–water partition coefficient (Wildman–Crippen LogP) is 8.87. The van der Waals surface area contributed by atoms with Crippen LogP contribution in [0.25, 0.3) is 0 Å². The van der Waals surface area contributed by atoms with Gasteiger partial charge in [-0.15, -0.1) is 0 Å². The molecule has 0 unspecified atom stereocenters. The Labute approximate surface area is 252 Å². The third-order valence-electron chi connectivity index (χ3n) is 10.6. The first-order valence-electron chi connectivity index (χ1n) is 16.6. The van der Waals surface area contributed by atoms with E-state index in [1.165, 1.54) is 56.1 Å². The molecule has 3 aliphatic rings. The molecule has 0 radical (unpaired) electrons. The van der Waals surface area contributed by atoms with Gasteiger partial charge in [-0.3, -0.25) is 4.79 Å². The second-order valence-corrected chi connectivity index (χ2v) is 13.4. The summed E-state index contributed by atoms with van der Waals surface area (Å²) in [5, 5.41) is 31.2. The Bertz CT molecular complexity index is 1210. The van der Waals surface area contributed by atoms with Crippen LogP contribution >= 0.6 is 0 Å². The van der Waals surface area contributed by atoms with Crippen molar-refractivity contribution in [1.29, 1.82) is 0 Å². The van der Waals surface area contributed by atoms with E-state index in [1.807, 2.05) is 12.1 Å². The fraction of sp³-hybridized carbons (Fsp3) is 0.553. The van der Waals surface area contributed by atoms with Crippen LogP contribution in [0.3, 0.4) is 0 Å². The fourth-order valence-corrected chi connectivity index (χ4v) is 8.25. The average molecular weight is 571 g/mol. The maximum atomic E-state index is 12.7. The number of aliphatic hydroxyl groups is 1. The molecule has 0 saturated heterocycles. The molecule has 0 heterocycles. The number of rotatable bonds is 9. The highest BCUT2D eigenvalue weighted by molar-refractivity contribution is 5.73. The van der Waals surface area contributed by atoms with E-state index in [0.29, 0.717) is 30.4 Å². The normalized spacial score (nSPS) is 30.5. The first-order valence-corrected chi connectivity index (χ1v) is 16.6. The summed E-state index contributed by atoms with van der Waals surface area (Å²) < 4.78 is 0. The molecule has 3 N–H and O–H groups in total. The summed E-state index contributed by atoms with van der Waals surface area (Å²) in [4.78, 5) is 12.7. The molecule has 226 valence electrons. The first-order chi connectivity index (χ1) is 20.4. The Kier molecular flexibility index (Phi) is 10.6. The average Bonchev–Trinajstić information content (AvgIpc) is 3.50. The zero-order chi connectivity index (χ0) is 29.4. The molecular weight excluding hydrogens is 520 g/mol. The Morgan fingerprint density at radius 2 is 1.69 bits per heavy atom. The second kappa shape index (κ2) is 14.6. The van der Waals surface area contributed by atoms with E-state index in [4.69, 9.17) is 0 Å². The standard InChI is InChI=1S/C38H50O4/c39-33-22-20-31(21-23-33)35-26-29-14-9-17-32(25-29)38(24-10-18-34(40)27-38)36(37(41)42)19-8-7-16-30(35)15-4-2-1-3-11-28-12-5-6-13-28/h5,7-9,12,14,17,20-23,25,28,30,34-36,39-40H,1-4,6,10-11,13,15-16,18-19,24,26-27H2,(H,41,42)/b8-7-/t28-,30-,34-,35-,36+,38-/m1/s1. The molecule has 2 aromatic rings. The van der Waals surface area contributed by atoms with Crippen LogP contribution in [0.5, 0.6) is 5.75 Å². The van der Waals surface area contributed by atoms with Crippen molar-refractivity contribution >= 4 is 5.97 Å². The summed E-state index contributed by atoms with van der Waals surface area (Å²) in [6.45, 7) is 0. The number of phenols is 1. The van der Waals surface area contributed by atoms with Gasteiger partial charge in [-0.2, -0.15) is 0 Å². The Morgan fingerprint density at radius 3 is 2.43 bits per heavy atom. The minimum Gasteiger partial charge on any atom is -0.508 e. The molecule has 4 heteroatoms. The van der Waals surface area contributed by atoms with Crippen LogP contribution in [0.2, 0.25) is 0 Å². The van der Waals surface area contributed by atoms with Gasteiger partial charge in [0.1, 0.15) is 5.75 Å². The number of aromatic hydroxyl groups is 1. The highest BCUT2D eigenvalue weighted by Gasteiger charge is 2.47. The van der Waals surface area contributed by atoms with Gasteiger partial charge in [-0.1, -0.05) is 86.4 Å². The molecule has 0 amide bonds. The van der Waals surface area contributed by atoms with Crippen LogP contribution in [-0.4, -0.2) is 27.4 Å². The SMILES string of the molecule is O=C(O)[C@@H]1C/C=C\C[C@@H](CCCCCC[C@@H]2C=CCC2)[C@H](c2ccc(O)cc2)Cc2cccc(c2)[C@]12CCC[C@@H](O)C2. The lowest BCUT2D eigenvalue weighted by Crippen LogP contribution is -2.45. The number of hydrogen-bond donors (Lipinski definition) is 3. The van der Waals surface area contributed by atoms with Gasteiger partial charge in [0.05, 0.1) is 12.0 Å². The molecule has 42 heavy (non-hydrogen) atoms. The molecule has 0 aromatic heterocycles. The second-order valence-electron chi connectivity index (χ2n) is 13.4. The van der Waals surface area contributed by atoms with Gasteiger partial charge in [0.25, 0.3) is 0 Å². The van der Waals surface area contributed by atoms with E-state index in [-0.39, 0.29) is 0 Å². The van der Waals surface area contributed by atoms with Gasteiger partial charge in [-0.25, -0.2) is 0 Å². The van der Waals surface area contributed by atoms with Crippen LogP contribution in [0.1, 0.15) is 112 Å². The minimum atomic E-state index is -0.761. The summed E-state index contributed by atoms with van der Waals surface area (Å²) in [7, 11) is 0. The van der Waals surface area contributed by atoms with Crippen molar-refractivity contribution in [2.45, 2.75) is 114 Å². The van der Waals surface area contributed by atoms with Gasteiger partial charge in [0.2, 0.25) is 0 Å². The molecule has 4 nitrogen and oxygen atoms in total. The number of benzene rings is 2. The quantitative estimate of drug-likeness (QED) is 0.208. The molecule has 6 atom stereocenters. The third-order valence-corrected chi connectivity index (χ3v) is 10.6. The largest absolute Gasteiger partial charge is 0.508 e. The highest BCUT2D eigenvalue weighted by atomic mass is 16.4. The van der Waals surface area contributed by atoms with Crippen molar-refractivity contribution in [2.24, 2.45) is 17.8 Å². The summed E-state index contributed by atoms with van der Waals surface area (Å²) in [5.74, 6) is 0.501. The van der Waals surface area contributed by atoms with E-state index in [1.54, 1.807) is 0 Å². The van der Waals surface area contributed by atoms with Gasteiger partial charge < -0.3 is 15.3 Å². The smallest absolute Gasteiger partial charge is 0.307 e. The molecule has 1 saturated carbocycles. The summed E-state index contributed by atoms with van der Waals surface area (Å²) >= 11 is 0. The van der Waals surface area contributed by atoms with Crippen molar-refractivity contribution in [2.75, 3.05) is 0 Å². The molecule has 5 rings (SSSR count). The van der Waals surface area contributed by atoms with Crippen LogP contribution in [0.15, 0.2) is 72.8 Å². The van der Waals surface area contributed by atoms with Gasteiger partial charge in [0, 0.05) is 5.41 Å². The third kappa shape index (κ3) is 7.56. The zero-order valence-corrected chi connectivity index (χ0v) is 25.2. The lowest BCUT2D eigenvalue weighted by molar-refractivity contribution is -0.145. The number of carboxylic acids is 1. The van der Waals surface area contributed by atoms with Gasteiger partial charge >= 0.3 is 5.97 Å². The zero-order valence-electron chi connectivity index (χ0n) is 25.2. The van der Waals surface area contributed by atoms with E-state index in [0.717, 1.165) is 50.0 Å². The fourth-order valence-electron chi connectivity index (χ4n) is 8.25. The van der Waals surface area contributed by atoms with Crippen molar-refractivity contribution < 1.29 is 20.1 Å².